The van der Waals surface area contributed by atoms with E-state index in [4.69, 9.17) is 14.0 Å². The van der Waals surface area contributed by atoms with E-state index in [0.717, 1.165) is 11.1 Å². The molecule has 1 heterocycles. The molecule has 2 aromatic carbocycles. The quantitative estimate of drug-likeness (QED) is 0.473. The molecule has 3 rings (SSSR count). The van der Waals surface area contributed by atoms with Crippen LogP contribution in [0.2, 0.25) is 0 Å². The molecule has 0 spiro atoms. The summed E-state index contributed by atoms with van der Waals surface area (Å²) in [6.45, 7) is 3.96. The molecule has 1 aromatic heterocycles. The third-order valence-electron chi connectivity index (χ3n) is 4.28. The second-order valence-corrected chi connectivity index (χ2v) is 8.31. The Morgan fingerprint density at radius 3 is 2.58 bits per heavy atom. The van der Waals surface area contributed by atoms with E-state index >= 15 is 0 Å². The standard InChI is InChI=1S/C21H23N3O6S/c1-3-28-16-8-10-17(11-9-16)31(26,27)22-13-12-20(25)29-14-19-23-21(24-30-19)18-7-5-4-6-15(18)2/h4-11,22H,3,12-14H2,1-2H3. The zero-order chi connectivity index (χ0) is 22.3. The molecule has 9 nitrogen and oxygen atoms in total. The molecule has 0 aliphatic rings. The fourth-order valence-electron chi connectivity index (χ4n) is 2.71. The molecule has 0 aliphatic carbocycles. The van der Waals surface area contributed by atoms with Crippen molar-refractivity contribution in [3.05, 3.63) is 60.0 Å². The Morgan fingerprint density at radius 2 is 1.87 bits per heavy atom. The van der Waals surface area contributed by atoms with Crippen molar-refractivity contribution >= 4 is 16.0 Å². The fraction of sp³-hybridized carbons (Fsp3) is 0.286. The number of aryl methyl sites for hydroxylation is 1. The van der Waals surface area contributed by atoms with Crippen LogP contribution >= 0.6 is 0 Å². The van der Waals surface area contributed by atoms with Crippen LogP contribution in [0.5, 0.6) is 5.75 Å². The summed E-state index contributed by atoms with van der Waals surface area (Å²) < 4.78 is 42.4. The topological polar surface area (TPSA) is 121 Å². The van der Waals surface area contributed by atoms with Gasteiger partial charge in [0.15, 0.2) is 6.61 Å². The maximum Gasteiger partial charge on any atom is 0.307 e. The number of carbonyl (C=O) groups is 1. The first-order valence-electron chi connectivity index (χ1n) is 9.66. The number of carbonyl (C=O) groups excluding carboxylic acids is 1. The number of nitrogens with zero attached hydrogens (tertiary/aromatic N) is 2. The Kier molecular flexibility index (Phi) is 7.37. The Labute approximate surface area is 180 Å². The monoisotopic (exact) mass is 445 g/mol. The van der Waals surface area contributed by atoms with Crippen molar-refractivity contribution in [2.24, 2.45) is 0 Å². The second kappa shape index (κ2) is 10.2. The van der Waals surface area contributed by atoms with Crippen molar-refractivity contribution < 1.29 is 27.2 Å². The molecule has 0 bridgehead atoms. The van der Waals surface area contributed by atoms with Crippen LogP contribution in [0.3, 0.4) is 0 Å². The Bertz CT molecular complexity index is 1130. The lowest BCUT2D eigenvalue weighted by Crippen LogP contribution is -2.26. The van der Waals surface area contributed by atoms with Crippen LogP contribution < -0.4 is 9.46 Å². The highest BCUT2D eigenvalue weighted by atomic mass is 32.2. The number of benzene rings is 2. The Hall–Kier alpha value is -3.24. The van der Waals surface area contributed by atoms with E-state index in [1.807, 2.05) is 38.1 Å². The van der Waals surface area contributed by atoms with Crippen LogP contribution in [-0.4, -0.2) is 37.7 Å². The molecule has 0 atom stereocenters. The molecule has 3 aromatic rings. The van der Waals surface area contributed by atoms with Crippen LogP contribution in [0.1, 0.15) is 24.8 Å². The highest BCUT2D eigenvalue weighted by Crippen LogP contribution is 2.20. The first-order valence-corrected chi connectivity index (χ1v) is 11.1. The van der Waals surface area contributed by atoms with Crippen LogP contribution in [0.4, 0.5) is 0 Å². The minimum Gasteiger partial charge on any atom is -0.494 e. The number of ether oxygens (including phenoxy) is 2. The first kappa shape index (κ1) is 22.4. The molecule has 1 N–H and O–H groups in total. The van der Waals surface area contributed by atoms with Gasteiger partial charge in [0.1, 0.15) is 5.75 Å². The van der Waals surface area contributed by atoms with Gasteiger partial charge in [-0.1, -0.05) is 29.4 Å². The van der Waals surface area contributed by atoms with Gasteiger partial charge in [-0.05, 0) is 43.7 Å². The molecule has 164 valence electrons. The fourth-order valence-corrected chi connectivity index (χ4v) is 3.75. The third-order valence-corrected chi connectivity index (χ3v) is 5.75. The van der Waals surface area contributed by atoms with Crippen LogP contribution in [0.25, 0.3) is 11.4 Å². The largest absolute Gasteiger partial charge is 0.494 e. The van der Waals surface area contributed by atoms with E-state index in [-0.39, 0.29) is 30.4 Å². The first-order chi connectivity index (χ1) is 14.9. The minimum absolute atomic E-state index is 0.0823. The molecule has 0 saturated heterocycles. The van der Waals surface area contributed by atoms with E-state index in [0.29, 0.717) is 18.2 Å². The average Bonchev–Trinajstić information content (AvgIpc) is 3.22. The van der Waals surface area contributed by atoms with Crippen LogP contribution in [0.15, 0.2) is 57.9 Å². The zero-order valence-corrected chi connectivity index (χ0v) is 18.0. The molecule has 10 heteroatoms. The van der Waals surface area contributed by atoms with Crippen LogP contribution in [0, 0.1) is 6.92 Å². The Balaban J connectivity index is 1.46. The number of nitrogens with one attached hydrogen (secondary N) is 1. The predicted molar refractivity (Wildman–Crippen MR) is 112 cm³/mol. The Morgan fingerprint density at radius 1 is 1.13 bits per heavy atom. The van der Waals surface area contributed by atoms with Crippen molar-refractivity contribution in [2.45, 2.75) is 31.8 Å². The van der Waals surface area contributed by atoms with Crippen LogP contribution in [-0.2, 0) is 26.2 Å². The maximum absolute atomic E-state index is 12.3. The summed E-state index contributed by atoms with van der Waals surface area (Å²) in [5, 5.41) is 3.89. The maximum atomic E-state index is 12.3. The molecule has 0 radical (unpaired) electrons. The van der Waals surface area contributed by atoms with E-state index in [1.165, 1.54) is 12.1 Å². The summed E-state index contributed by atoms with van der Waals surface area (Å²) in [5.74, 6) is 0.551. The molecule has 0 aliphatic heterocycles. The summed E-state index contributed by atoms with van der Waals surface area (Å²) in [4.78, 5) is 16.2. The van der Waals surface area contributed by atoms with E-state index in [2.05, 4.69) is 14.9 Å². The summed E-state index contributed by atoms with van der Waals surface area (Å²) >= 11 is 0. The lowest BCUT2D eigenvalue weighted by Gasteiger charge is -2.08. The summed E-state index contributed by atoms with van der Waals surface area (Å²) in [6.07, 6.45) is -0.144. The number of hydrogen-bond donors (Lipinski definition) is 1. The molecule has 0 amide bonds. The van der Waals surface area contributed by atoms with Gasteiger partial charge in [-0.15, -0.1) is 0 Å². The zero-order valence-electron chi connectivity index (χ0n) is 17.2. The molecule has 0 fully saturated rings. The lowest BCUT2D eigenvalue weighted by atomic mass is 10.1. The van der Waals surface area contributed by atoms with Crippen molar-refractivity contribution in [2.75, 3.05) is 13.2 Å². The molecule has 0 unspecified atom stereocenters. The minimum atomic E-state index is -3.74. The van der Waals surface area contributed by atoms with E-state index in [9.17, 15) is 13.2 Å². The van der Waals surface area contributed by atoms with Gasteiger partial charge >= 0.3 is 5.97 Å². The molecule has 0 saturated carbocycles. The van der Waals surface area contributed by atoms with Gasteiger partial charge in [0.05, 0.1) is 17.9 Å². The molecular weight excluding hydrogens is 422 g/mol. The van der Waals surface area contributed by atoms with Gasteiger partial charge < -0.3 is 14.0 Å². The average molecular weight is 445 g/mol. The van der Waals surface area contributed by atoms with Crippen molar-refractivity contribution in [1.82, 2.24) is 14.9 Å². The predicted octanol–water partition coefficient (Wildman–Crippen LogP) is 2.86. The number of rotatable bonds is 10. The molecule has 31 heavy (non-hydrogen) atoms. The SMILES string of the molecule is CCOc1ccc(S(=O)(=O)NCCC(=O)OCc2nc(-c3ccccc3C)no2)cc1. The van der Waals surface area contributed by atoms with Gasteiger partial charge in [-0.25, -0.2) is 13.1 Å². The van der Waals surface area contributed by atoms with Gasteiger partial charge in [-0.3, -0.25) is 4.79 Å². The highest BCUT2D eigenvalue weighted by Gasteiger charge is 2.16. The molecular formula is C21H23N3O6S. The lowest BCUT2D eigenvalue weighted by molar-refractivity contribution is -0.145. The van der Waals surface area contributed by atoms with Crippen molar-refractivity contribution in [3.8, 4) is 17.1 Å². The normalized spacial score (nSPS) is 11.3. The number of esters is 1. The van der Waals surface area contributed by atoms with E-state index < -0.39 is 16.0 Å². The van der Waals surface area contributed by atoms with Crippen molar-refractivity contribution in [1.29, 1.82) is 0 Å². The summed E-state index contributed by atoms with van der Waals surface area (Å²) in [6, 6.07) is 13.6. The number of sulfonamides is 1. The highest BCUT2D eigenvalue weighted by molar-refractivity contribution is 7.89. The van der Waals surface area contributed by atoms with Gasteiger partial charge in [-0.2, -0.15) is 4.98 Å². The summed E-state index contributed by atoms with van der Waals surface area (Å²) in [5.41, 5.74) is 1.82. The number of hydrogen-bond acceptors (Lipinski definition) is 8. The van der Waals surface area contributed by atoms with Gasteiger partial charge in [0.2, 0.25) is 15.8 Å². The number of aromatic nitrogens is 2. The van der Waals surface area contributed by atoms with Gasteiger partial charge in [0, 0.05) is 12.1 Å². The second-order valence-electron chi connectivity index (χ2n) is 6.54. The van der Waals surface area contributed by atoms with Crippen molar-refractivity contribution in [3.63, 3.8) is 0 Å². The van der Waals surface area contributed by atoms with Gasteiger partial charge in [0.25, 0.3) is 5.89 Å². The summed E-state index contributed by atoms with van der Waals surface area (Å²) in [7, 11) is -3.74. The smallest absolute Gasteiger partial charge is 0.307 e. The van der Waals surface area contributed by atoms with E-state index in [1.54, 1.807) is 12.1 Å². The third kappa shape index (κ3) is 6.12.